The summed E-state index contributed by atoms with van der Waals surface area (Å²) in [5, 5.41) is 0. The Balaban J connectivity index is 1.74. The first-order valence-electron chi connectivity index (χ1n) is 9.32. The molecule has 0 amide bonds. The van der Waals surface area contributed by atoms with Crippen molar-refractivity contribution in [2.75, 3.05) is 6.54 Å². The van der Waals surface area contributed by atoms with Gasteiger partial charge in [-0.05, 0) is 67.5 Å². The molecule has 0 spiro atoms. The molecule has 0 N–H and O–H groups in total. The molecule has 4 rings (SSSR count). The van der Waals surface area contributed by atoms with Gasteiger partial charge in [-0.1, -0.05) is 18.9 Å². The highest BCUT2D eigenvalue weighted by molar-refractivity contribution is 7.89. The van der Waals surface area contributed by atoms with Gasteiger partial charge in [-0.15, -0.1) is 0 Å². The van der Waals surface area contributed by atoms with Gasteiger partial charge < -0.3 is 4.57 Å². The molecule has 0 radical (unpaired) electrons. The van der Waals surface area contributed by atoms with Crippen LogP contribution >= 0.6 is 0 Å². The number of benzene rings is 1. The van der Waals surface area contributed by atoms with Crippen LogP contribution in [0, 0.1) is 0 Å². The fraction of sp³-hybridized carbons (Fsp3) is 0.500. The fourth-order valence-corrected chi connectivity index (χ4v) is 6.05. The van der Waals surface area contributed by atoms with Gasteiger partial charge in [0, 0.05) is 25.5 Å². The number of nitrogens with zero attached hydrogens (tertiary/aromatic N) is 2. The molecule has 0 bridgehead atoms. The number of hydrogen-bond donors (Lipinski definition) is 0. The van der Waals surface area contributed by atoms with E-state index >= 15 is 0 Å². The van der Waals surface area contributed by atoms with Crippen LogP contribution in [0.25, 0.3) is 0 Å². The molecule has 2 aliphatic rings. The minimum Gasteiger partial charge on any atom is -0.353 e. The zero-order chi connectivity index (χ0) is 17.4. The Labute approximate surface area is 150 Å². The van der Waals surface area contributed by atoms with Crippen LogP contribution in [0.1, 0.15) is 55.0 Å². The highest BCUT2D eigenvalue weighted by Gasteiger charge is 2.34. The van der Waals surface area contributed by atoms with Crippen molar-refractivity contribution < 1.29 is 8.42 Å². The Hall–Kier alpha value is -1.59. The molecule has 2 heterocycles. The van der Waals surface area contributed by atoms with Crippen molar-refractivity contribution in [1.82, 2.24) is 8.87 Å². The number of hydrogen-bond acceptors (Lipinski definition) is 2. The first-order chi connectivity index (χ1) is 12.1. The average Bonchev–Trinajstić information content (AvgIpc) is 3.16. The molecule has 1 aliphatic carbocycles. The molecule has 25 heavy (non-hydrogen) atoms. The third-order valence-electron chi connectivity index (χ3n) is 5.71. The second kappa shape index (κ2) is 6.61. The van der Waals surface area contributed by atoms with Crippen LogP contribution in [-0.4, -0.2) is 23.8 Å². The summed E-state index contributed by atoms with van der Waals surface area (Å²) in [7, 11) is -1.48. The minimum atomic E-state index is -3.48. The molecule has 5 heteroatoms. The van der Waals surface area contributed by atoms with Crippen LogP contribution in [0.2, 0.25) is 0 Å². The van der Waals surface area contributed by atoms with Crippen molar-refractivity contribution in [2.45, 2.75) is 55.9 Å². The maximum atomic E-state index is 13.5. The molecular weight excluding hydrogens is 332 g/mol. The molecule has 1 unspecified atom stereocenters. The van der Waals surface area contributed by atoms with E-state index in [-0.39, 0.29) is 6.04 Å². The number of aryl methyl sites for hydroxylation is 3. The van der Waals surface area contributed by atoms with E-state index in [1.54, 1.807) is 4.31 Å². The molecule has 1 aliphatic heterocycles. The lowest BCUT2D eigenvalue weighted by Gasteiger charge is -2.30. The summed E-state index contributed by atoms with van der Waals surface area (Å²) in [4.78, 5) is 0.467. The van der Waals surface area contributed by atoms with Gasteiger partial charge in [-0.3, -0.25) is 0 Å². The molecule has 2 aromatic rings. The number of fused-ring (bicyclic) bond motifs is 1. The molecule has 1 fully saturated rings. The Kier molecular flexibility index (Phi) is 4.46. The highest BCUT2D eigenvalue weighted by atomic mass is 32.2. The fourth-order valence-electron chi connectivity index (χ4n) is 4.33. The normalized spacial score (nSPS) is 21.9. The Morgan fingerprint density at radius 2 is 1.84 bits per heavy atom. The van der Waals surface area contributed by atoms with E-state index in [0.29, 0.717) is 11.4 Å². The van der Waals surface area contributed by atoms with Crippen LogP contribution in [-0.2, 0) is 29.9 Å². The Bertz CT molecular complexity index is 870. The van der Waals surface area contributed by atoms with E-state index < -0.39 is 10.0 Å². The standard InChI is InChI=1S/C20H26N2O2S/c1-21-13-6-10-19(21)20-9-3-2-4-14-22(20)25(23,24)18-12-11-16-7-5-8-17(16)15-18/h6,10-13,15,20H,2-5,7-9,14H2,1H3. The van der Waals surface area contributed by atoms with Crippen molar-refractivity contribution in [2.24, 2.45) is 7.05 Å². The van der Waals surface area contributed by atoms with Crippen LogP contribution in [0.3, 0.4) is 0 Å². The molecule has 0 saturated carbocycles. The third-order valence-corrected chi connectivity index (χ3v) is 7.61. The summed E-state index contributed by atoms with van der Waals surface area (Å²) >= 11 is 0. The van der Waals surface area contributed by atoms with Crippen LogP contribution < -0.4 is 0 Å². The van der Waals surface area contributed by atoms with E-state index in [0.717, 1.165) is 50.6 Å². The molecule has 4 nitrogen and oxygen atoms in total. The maximum Gasteiger partial charge on any atom is 0.243 e. The first kappa shape index (κ1) is 16.9. The highest BCUT2D eigenvalue weighted by Crippen LogP contribution is 2.35. The number of aromatic nitrogens is 1. The average molecular weight is 359 g/mol. The van der Waals surface area contributed by atoms with Crippen molar-refractivity contribution >= 4 is 10.0 Å². The SMILES string of the molecule is Cn1cccc1C1CCCCCN1S(=O)(=O)c1ccc2c(c1)CCC2. The third kappa shape index (κ3) is 3.04. The second-order valence-electron chi connectivity index (χ2n) is 7.31. The summed E-state index contributed by atoms with van der Waals surface area (Å²) < 4.78 is 30.8. The van der Waals surface area contributed by atoms with E-state index in [1.807, 2.05) is 37.5 Å². The van der Waals surface area contributed by atoms with Crippen molar-refractivity contribution in [3.05, 3.63) is 53.3 Å². The molecule has 1 aromatic carbocycles. The van der Waals surface area contributed by atoms with Gasteiger partial charge >= 0.3 is 0 Å². The van der Waals surface area contributed by atoms with Crippen molar-refractivity contribution in [3.63, 3.8) is 0 Å². The molecule has 1 aromatic heterocycles. The minimum absolute atomic E-state index is 0.0687. The van der Waals surface area contributed by atoms with Gasteiger partial charge in [-0.2, -0.15) is 4.31 Å². The Morgan fingerprint density at radius 3 is 2.64 bits per heavy atom. The number of rotatable bonds is 3. The van der Waals surface area contributed by atoms with Crippen LogP contribution in [0.15, 0.2) is 41.4 Å². The predicted octanol–water partition coefficient (Wildman–Crippen LogP) is 3.82. The molecular formula is C20H26N2O2S. The zero-order valence-electron chi connectivity index (χ0n) is 14.8. The summed E-state index contributed by atoms with van der Waals surface area (Å²) in [6.45, 7) is 0.606. The lowest BCUT2D eigenvalue weighted by atomic mass is 10.1. The van der Waals surface area contributed by atoms with Gasteiger partial charge in [0.1, 0.15) is 0 Å². The summed E-state index contributed by atoms with van der Waals surface area (Å²) in [6.07, 6.45) is 9.20. The topological polar surface area (TPSA) is 42.3 Å². The van der Waals surface area contributed by atoms with E-state index in [1.165, 1.54) is 11.1 Å². The van der Waals surface area contributed by atoms with Crippen molar-refractivity contribution in [1.29, 1.82) is 0 Å². The Morgan fingerprint density at radius 1 is 1.00 bits per heavy atom. The molecule has 1 atom stereocenters. The second-order valence-corrected chi connectivity index (χ2v) is 9.20. The smallest absolute Gasteiger partial charge is 0.243 e. The largest absolute Gasteiger partial charge is 0.353 e. The van der Waals surface area contributed by atoms with Gasteiger partial charge in [0.15, 0.2) is 0 Å². The van der Waals surface area contributed by atoms with E-state index in [2.05, 4.69) is 10.6 Å². The van der Waals surface area contributed by atoms with Gasteiger partial charge in [0.25, 0.3) is 0 Å². The monoisotopic (exact) mass is 358 g/mol. The van der Waals surface area contributed by atoms with E-state index in [9.17, 15) is 8.42 Å². The van der Waals surface area contributed by atoms with Gasteiger partial charge in [0.05, 0.1) is 10.9 Å². The van der Waals surface area contributed by atoms with E-state index in [4.69, 9.17) is 0 Å². The lowest BCUT2D eigenvalue weighted by Crippen LogP contribution is -2.35. The van der Waals surface area contributed by atoms with Gasteiger partial charge in [0.2, 0.25) is 10.0 Å². The van der Waals surface area contributed by atoms with Crippen LogP contribution in [0.4, 0.5) is 0 Å². The number of sulfonamides is 1. The maximum absolute atomic E-state index is 13.5. The quantitative estimate of drug-likeness (QED) is 0.837. The van der Waals surface area contributed by atoms with Gasteiger partial charge in [-0.25, -0.2) is 8.42 Å². The molecule has 134 valence electrons. The van der Waals surface area contributed by atoms with Crippen molar-refractivity contribution in [3.8, 4) is 0 Å². The summed E-state index contributed by atoms with van der Waals surface area (Å²) in [5.74, 6) is 0. The zero-order valence-corrected chi connectivity index (χ0v) is 15.6. The molecule has 1 saturated heterocycles. The predicted molar refractivity (Wildman–Crippen MR) is 99.0 cm³/mol. The first-order valence-corrected chi connectivity index (χ1v) is 10.8. The summed E-state index contributed by atoms with van der Waals surface area (Å²) in [5.41, 5.74) is 3.62. The van der Waals surface area contributed by atoms with Crippen LogP contribution in [0.5, 0.6) is 0 Å². The summed E-state index contributed by atoms with van der Waals surface area (Å²) in [6, 6.07) is 9.74. The lowest BCUT2D eigenvalue weighted by molar-refractivity contribution is 0.318.